The smallest absolute Gasteiger partial charge is 0.164 e. The third-order valence-electron chi connectivity index (χ3n) is 13.3. The Balaban J connectivity index is 0.989. The molecule has 0 saturated carbocycles. The molecule has 3 nitrogen and oxygen atoms in total. The van der Waals surface area contributed by atoms with Crippen LogP contribution in [0.5, 0.6) is 0 Å². The second kappa shape index (κ2) is 15.4. The summed E-state index contributed by atoms with van der Waals surface area (Å²) in [7, 11) is 0. The summed E-state index contributed by atoms with van der Waals surface area (Å²) >= 11 is 1.89. The number of aromatic nitrogens is 3. The lowest BCUT2D eigenvalue weighted by Crippen LogP contribution is -2.25. The van der Waals surface area contributed by atoms with Crippen molar-refractivity contribution in [2.75, 3.05) is 0 Å². The van der Waals surface area contributed by atoms with E-state index in [0.717, 1.165) is 35.1 Å². The standard InChI is InChI=1S/C60H43N3S/c1-60(2)51-27-12-11-24-49(51)55-47(26-14-28-52(55)60)46-22-9-10-23-48(46)59-62-57(41-18-7-4-8-19-41)61-58(63-59)44-21-13-20-43(36-44)45-25-15-29-54-56(45)50-37-42(34-35-53(50)64-54)40-32-30-39(31-33-40)38-16-5-3-6-17-38/h3-14,16-24,26-37H,15,25H2,1-2H3. The van der Waals surface area contributed by atoms with Gasteiger partial charge in [-0.1, -0.05) is 196 Å². The molecule has 0 unspecified atom stereocenters. The number of benzene rings is 8. The summed E-state index contributed by atoms with van der Waals surface area (Å²) in [6.07, 6.45) is 4.39. The quantitative estimate of drug-likeness (QED) is 0.160. The Morgan fingerprint density at radius 2 is 0.969 bits per heavy atom. The summed E-state index contributed by atoms with van der Waals surface area (Å²) in [5.74, 6) is 1.97. The van der Waals surface area contributed by atoms with Crippen molar-refractivity contribution in [3.63, 3.8) is 0 Å². The van der Waals surface area contributed by atoms with Gasteiger partial charge in [0.2, 0.25) is 0 Å². The van der Waals surface area contributed by atoms with Crippen LogP contribution in [0.3, 0.4) is 0 Å². The second-order valence-corrected chi connectivity index (χ2v) is 18.5. The zero-order chi connectivity index (χ0) is 42.8. The molecule has 0 amide bonds. The Kier molecular flexibility index (Phi) is 9.17. The van der Waals surface area contributed by atoms with Crippen molar-refractivity contribution in [1.29, 1.82) is 0 Å². The molecule has 12 rings (SSSR count). The zero-order valence-corrected chi connectivity index (χ0v) is 36.5. The van der Waals surface area contributed by atoms with Gasteiger partial charge in [-0.2, -0.15) is 0 Å². The van der Waals surface area contributed by atoms with Gasteiger partial charge in [0.15, 0.2) is 17.5 Å². The van der Waals surface area contributed by atoms with Crippen LogP contribution < -0.4 is 9.75 Å². The van der Waals surface area contributed by atoms with Gasteiger partial charge in [-0.05, 0) is 97.8 Å². The SMILES string of the molecule is CC1(C)c2ccccc2-c2c(-c3ccccc3-c3nc(-c4ccccc4)nc(-c4cccc(C5=c6c(sc7ccc(-c8ccc(-c9ccccc9)cc8)cc67)=CCC5)c4)n3)cccc21. The molecule has 0 saturated heterocycles. The van der Waals surface area contributed by atoms with Crippen molar-refractivity contribution in [2.24, 2.45) is 0 Å². The average Bonchev–Trinajstić information content (AvgIpc) is 3.86. The van der Waals surface area contributed by atoms with Crippen molar-refractivity contribution in [3.8, 4) is 78.7 Å². The predicted octanol–water partition coefficient (Wildman–Crippen LogP) is 14.2. The number of hydrogen-bond acceptors (Lipinski definition) is 4. The van der Waals surface area contributed by atoms with Crippen LogP contribution in [-0.2, 0) is 5.41 Å². The Bertz CT molecular complexity index is 3570. The van der Waals surface area contributed by atoms with E-state index in [4.69, 9.17) is 15.0 Å². The van der Waals surface area contributed by atoms with Gasteiger partial charge in [0.1, 0.15) is 0 Å². The molecule has 4 heteroatoms. The molecule has 2 aromatic heterocycles. The lowest BCUT2D eigenvalue weighted by molar-refractivity contribution is 0.660. The van der Waals surface area contributed by atoms with E-state index in [1.807, 2.05) is 29.5 Å². The number of hydrogen-bond donors (Lipinski definition) is 0. The number of thiophene rings is 1. The fraction of sp³-hybridized carbons (Fsp3) is 0.0833. The first-order chi connectivity index (χ1) is 31.5. The van der Waals surface area contributed by atoms with Crippen LogP contribution in [0.2, 0.25) is 0 Å². The van der Waals surface area contributed by atoms with Gasteiger partial charge in [0.05, 0.1) is 0 Å². The highest BCUT2D eigenvalue weighted by Gasteiger charge is 2.37. The van der Waals surface area contributed by atoms with Crippen molar-refractivity contribution in [1.82, 2.24) is 15.0 Å². The Hall–Kier alpha value is -7.53. The molecule has 0 N–H and O–H groups in total. The van der Waals surface area contributed by atoms with E-state index in [1.54, 1.807) is 0 Å². The molecule has 0 atom stereocenters. The second-order valence-electron chi connectivity index (χ2n) is 17.4. The van der Waals surface area contributed by atoms with Crippen LogP contribution in [-0.4, -0.2) is 15.0 Å². The van der Waals surface area contributed by atoms with Gasteiger partial charge in [0.25, 0.3) is 0 Å². The fourth-order valence-electron chi connectivity index (χ4n) is 10.1. The molecule has 8 aromatic carbocycles. The minimum atomic E-state index is -0.107. The van der Waals surface area contributed by atoms with E-state index in [1.165, 1.54) is 81.0 Å². The van der Waals surface area contributed by atoms with E-state index < -0.39 is 0 Å². The van der Waals surface area contributed by atoms with E-state index in [-0.39, 0.29) is 5.41 Å². The Labute approximate surface area is 377 Å². The van der Waals surface area contributed by atoms with Crippen molar-refractivity contribution >= 4 is 33.1 Å². The van der Waals surface area contributed by atoms with Gasteiger partial charge in [-0.15, -0.1) is 11.3 Å². The first-order valence-corrected chi connectivity index (χ1v) is 23.0. The summed E-state index contributed by atoms with van der Waals surface area (Å²) < 4.78 is 2.66. The maximum atomic E-state index is 5.36. The van der Waals surface area contributed by atoms with Gasteiger partial charge in [-0.25, -0.2) is 15.0 Å². The summed E-state index contributed by atoms with van der Waals surface area (Å²) in [6, 6.07) is 69.9. The van der Waals surface area contributed by atoms with Gasteiger partial charge < -0.3 is 0 Å². The molecule has 64 heavy (non-hydrogen) atoms. The first-order valence-electron chi connectivity index (χ1n) is 22.2. The minimum Gasteiger partial charge on any atom is -0.208 e. The monoisotopic (exact) mass is 837 g/mol. The molecule has 304 valence electrons. The van der Waals surface area contributed by atoms with Crippen LogP contribution in [0.15, 0.2) is 194 Å². The van der Waals surface area contributed by atoms with Crippen LogP contribution >= 0.6 is 11.3 Å². The highest BCUT2D eigenvalue weighted by molar-refractivity contribution is 7.17. The molecule has 0 radical (unpaired) electrons. The summed E-state index contributed by atoms with van der Waals surface area (Å²) in [4.78, 5) is 15.8. The van der Waals surface area contributed by atoms with Gasteiger partial charge in [-0.3, -0.25) is 0 Å². The van der Waals surface area contributed by atoms with Crippen LogP contribution in [0.1, 0.15) is 43.4 Å². The molecule has 2 heterocycles. The minimum absolute atomic E-state index is 0.107. The van der Waals surface area contributed by atoms with Crippen LogP contribution in [0, 0.1) is 0 Å². The average molecular weight is 838 g/mol. The number of rotatable bonds is 7. The van der Waals surface area contributed by atoms with E-state index >= 15 is 0 Å². The largest absolute Gasteiger partial charge is 0.208 e. The Morgan fingerprint density at radius 1 is 0.422 bits per heavy atom. The summed E-state index contributed by atoms with van der Waals surface area (Å²) in [6.45, 7) is 4.67. The van der Waals surface area contributed by atoms with Gasteiger partial charge in [0, 0.05) is 41.9 Å². The lowest BCUT2D eigenvalue weighted by Gasteiger charge is -2.21. The lowest BCUT2D eigenvalue weighted by atomic mass is 9.82. The number of fused-ring (bicyclic) bond motifs is 6. The fourth-order valence-corrected chi connectivity index (χ4v) is 11.3. The molecule has 2 aliphatic rings. The first kappa shape index (κ1) is 38.2. The molecule has 0 aliphatic heterocycles. The zero-order valence-electron chi connectivity index (χ0n) is 35.7. The van der Waals surface area contributed by atoms with Gasteiger partial charge >= 0.3 is 0 Å². The van der Waals surface area contributed by atoms with Crippen molar-refractivity contribution < 1.29 is 0 Å². The number of nitrogens with zero attached hydrogens (tertiary/aromatic N) is 3. The van der Waals surface area contributed by atoms with E-state index in [9.17, 15) is 0 Å². The summed E-state index contributed by atoms with van der Waals surface area (Å²) in [5.41, 5.74) is 17.8. The normalized spacial score (nSPS) is 13.6. The highest BCUT2D eigenvalue weighted by atomic mass is 32.1. The maximum absolute atomic E-state index is 5.36. The van der Waals surface area contributed by atoms with Crippen LogP contribution in [0.25, 0.3) is 100 Å². The maximum Gasteiger partial charge on any atom is 0.164 e. The molecule has 0 bridgehead atoms. The third-order valence-corrected chi connectivity index (χ3v) is 14.4. The van der Waals surface area contributed by atoms with Crippen LogP contribution in [0.4, 0.5) is 0 Å². The Morgan fingerprint density at radius 3 is 1.75 bits per heavy atom. The molecular formula is C60H43N3S. The third kappa shape index (κ3) is 6.44. The van der Waals surface area contributed by atoms with Crippen molar-refractivity contribution in [3.05, 3.63) is 221 Å². The molecule has 2 aliphatic carbocycles. The molecule has 0 fully saturated rings. The predicted molar refractivity (Wildman–Crippen MR) is 267 cm³/mol. The summed E-state index contributed by atoms with van der Waals surface area (Å²) in [5, 5.41) is 2.66. The van der Waals surface area contributed by atoms with E-state index in [0.29, 0.717) is 17.5 Å². The van der Waals surface area contributed by atoms with Crippen molar-refractivity contribution in [2.45, 2.75) is 32.1 Å². The molecule has 0 spiro atoms. The molecule has 10 aromatic rings. The molecular weight excluding hydrogens is 795 g/mol. The highest BCUT2D eigenvalue weighted by Crippen LogP contribution is 2.52. The van der Waals surface area contributed by atoms with E-state index in [2.05, 4.69) is 196 Å². The topological polar surface area (TPSA) is 38.7 Å².